The molecule has 0 saturated carbocycles. The summed E-state index contributed by atoms with van der Waals surface area (Å²) >= 11 is 3.32. The van der Waals surface area contributed by atoms with Gasteiger partial charge in [-0.3, -0.25) is 4.79 Å². The van der Waals surface area contributed by atoms with Crippen LogP contribution in [0.3, 0.4) is 0 Å². The first-order valence-electron chi connectivity index (χ1n) is 8.45. The van der Waals surface area contributed by atoms with E-state index in [1.807, 2.05) is 6.92 Å². The number of halogens is 1. The van der Waals surface area contributed by atoms with Crippen LogP contribution in [0.1, 0.15) is 12.0 Å². The lowest BCUT2D eigenvalue weighted by molar-refractivity contribution is -0.119. The van der Waals surface area contributed by atoms with Crippen LogP contribution in [0.5, 0.6) is 0 Å². The predicted octanol–water partition coefficient (Wildman–Crippen LogP) is 3.15. The molecule has 0 atom stereocenters. The van der Waals surface area contributed by atoms with Gasteiger partial charge in [-0.2, -0.15) is 0 Å². The second kappa shape index (κ2) is 9.87. The summed E-state index contributed by atoms with van der Waals surface area (Å²) in [6.45, 7) is 2.95. The molecule has 2 aromatic rings. The van der Waals surface area contributed by atoms with E-state index in [9.17, 15) is 13.2 Å². The minimum atomic E-state index is -3.72. The summed E-state index contributed by atoms with van der Waals surface area (Å²) in [5.74, 6) is -0.215. The molecule has 8 heteroatoms. The minimum absolute atomic E-state index is 0.0228. The predicted molar refractivity (Wildman–Crippen MR) is 109 cm³/mol. The fourth-order valence-corrected chi connectivity index (χ4v) is 4.36. The van der Waals surface area contributed by atoms with Crippen LogP contribution in [0.25, 0.3) is 0 Å². The van der Waals surface area contributed by atoms with Crippen LogP contribution >= 0.6 is 15.9 Å². The fraction of sp³-hybridized carbons (Fsp3) is 0.316. The van der Waals surface area contributed by atoms with E-state index >= 15 is 0 Å². The molecule has 146 valence electrons. The van der Waals surface area contributed by atoms with Crippen molar-refractivity contribution in [3.05, 3.63) is 52.5 Å². The van der Waals surface area contributed by atoms with E-state index in [0.29, 0.717) is 29.7 Å². The molecule has 0 heterocycles. The summed E-state index contributed by atoms with van der Waals surface area (Å²) in [6.07, 6.45) is 0.716. The van der Waals surface area contributed by atoms with Gasteiger partial charge < -0.3 is 15.4 Å². The highest BCUT2D eigenvalue weighted by atomic mass is 79.9. The van der Waals surface area contributed by atoms with Crippen LogP contribution in [0.4, 0.5) is 5.69 Å². The molecule has 0 bridgehead atoms. The number of sulfone groups is 1. The Hall–Kier alpha value is -1.90. The molecule has 0 aromatic heterocycles. The van der Waals surface area contributed by atoms with Crippen LogP contribution in [0, 0.1) is 6.92 Å². The second-order valence-electron chi connectivity index (χ2n) is 6.01. The lowest BCUT2D eigenvalue weighted by Gasteiger charge is -2.14. The lowest BCUT2D eigenvalue weighted by atomic mass is 10.2. The normalized spacial score (nSPS) is 11.2. The Balaban J connectivity index is 2.17. The van der Waals surface area contributed by atoms with Crippen molar-refractivity contribution in [3.8, 4) is 0 Å². The van der Waals surface area contributed by atoms with Crippen LogP contribution in [-0.4, -0.2) is 41.1 Å². The van der Waals surface area contributed by atoms with Crippen molar-refractivity contribution in [2.45, 2.75) is 23.1 Å². The Morgan fingerprint density at radius 1 is 1.15 bits per heavy atom. The zero-order valence-electron chi connectivity index (χ0n) is 15.3. The fourth-order valence-electron chi connectivity index (χ4n) is 2.39. The zero-order chi connectivity index (χ0) is 19.9. The summed E-state index contributed by atoms with van der Waals surface area (Å²) < 4.78 is 31.6. The van der Waals surface area contributed by atoms with Gasteiger partial charge in [-0.25, -0.2) is 8.42 Å². The topological polar surface area (TPSA) is 84.5 Å². The van der Waals surface area contributed by atoms with Gasteiger partial charge in [0.25, 0.3) is 0 Å². The zero-order valence-corrected chi connectivity index (χ0v) is 17.7. The number of ether oxygens (including phenoxy) is 1. The molecule has 2 aromatic carbocycles. The molecule has 2 rings (SSSR count). The van der Waals surface area contributed by atoms with Crippen LogP contribution in [0.15, 0.2) is 56.7 Å². The Kier molecular flexibility index (Phi) is 7.82. The third-order valence-corrected chi connectivity index (χ3v) is 6.15. The van der Waals surface area contributed by atoms with Gasteiger partial charge >= 0.3 is 0 Å². The molecule has 0 unspecified atom stereocenters. The molecular weight excluding hydrogens is 432 g/mol. The SMILES string of the molecule is COCCCNC(=O)CNc1ccc(Br)cc1S(=O)(=O)c1ccc(C)cc1. The molecule has 0 spiro atoms. The van der Waals surface area contributed by atoms with Crippen molar-refractivity contribution in [1.82, 2.24) is 5.32 Å². The summed E-state index contributed by atoms with van der Waals surface area (Å²) in [7, 11) is -2.12. The van der Waals surface area contributed by atoms with Crippen LogP contribution < -0.4 is 10.6 Å². The first-order chi connectivity index (χ1) is 12.8. The van der Waals surface area contributed by atoms with E-state index in [0.717, 1.165) is 5.56 Å². The number of hydrogen-bond donors (Lipinski definition) is 2. The highest BCUT2D eigenvalue weighted by Crippen LogP contribution is 2.30. The standard InChI is InChI=1S/C19H23BrN2O4S/c1-14-4-7-16(8-5-14)27(24,25)18-12-15(20)6-9-17(18)22-13-19(23)21-10-3-11-26-2/h4-9,12,22H,3,10-11,13H2,1-2H3,(H,21,23). The summed E-state index contributed by atoms with van der Waals surface area (Å²) in [6, 6.07) is 11.6. The highest BCUT2D eigenvalue weighted by molar-refractivity contribution is 9.10. The lowest BCUT2D eigenvalue weighted by Crippen LogP contribution is -2.31. The van der Waals surface area contributed by atoms with Crippen molar-refractivity contribution in [2.75, 3.05) is 32.1 Å². The van der Waals surface area contributed by atoms with E-state index in [1.165, 1.54) is 6.07 Å². The molecule has 0 fully saturated rings. The number of benzene rings is 2. The highest BCUT2D eigenvalue weighted by Gasteiger charge is 2.22. The van der Waals surface area contributed by atoms with Gasteiger partial charge in [-0.05, 0) is 43.7 Å². The van der Waals surface area contributed by atoms with Gasteiger partial charge in [0, 0.05) is 24.7 Å². The Bertz CT molecular complexity index is 883. The first-order valence-corrected chi connectivity index (χ1v) is 10.7. The number of anilines is 1. The van der Waals surface area contributed by atoms with E-state index < -0.39 is 9.84 Å². The number of nitrogens with one attached hydrogen (secondary N) is 2. The van der Waals surface area contributed by atoms with Crippen LogP contribution in [-0.2, 0) is 19.4 Å². The minimum Gasteiger partial charge on any atom is -0.385 e. The third kappa shape index (κ3) is 6.05. The van der Waals surface area contributed by atoms with E-state index in [2.05, 4.69) is 26.6 Å². The maximum absolute atomic E-state index is 13.0. The van der Waals surface area contributed by atoms with Gasteiger partial charge in [0.05, 0.1) is 22.0 Å². The monoisotopic (exact) mass is 454 g/mol. The molecule has 0 aliphatic heterocycles. The molecule has 6 nitrogen and oxygen atoms in total. The molecule has 2 N–H and O–H groups in total. The van der Waals surface area contributed by atoms with E-state index in [1.54, 1.807) is 43.5 Å². The number of hydrogen-bond acceptors (Lipinski definition) is 5. The Morgan fingerprint density at radius 3 is 2.52 bits per heavy atom. The number of carbonyl (C=O) groups is 1. The number of methoxy groups -OCH3 is 1. The maximum Gasteiger partial charge on any atom is 0.239 e. The quantitative estimate of drug-likeness (QED) is 0.568. The molecule has 27 heavy (non-hydrogen) atoms. The van der Waals surface area contributed by atoms with Crippen molar-refractivity contribution in [1.29, 1.82) is 0 Å². The number of amides is 1. The van der Waals surface area contributed by atoms with Crippen LogP contribution in [0.2, 0.25) is 0 Å². The summed E-state index contributed by atoms with van der Waals surface area (Å²) in [4.78, 5) is 12.3. The van der Waals surface area contributed by atoms with Gasteiger partial charge in [0.15, 0.2) is 0 Å². The summed E-state index contributed by atoms with van der Waals surface area (Å²) in [5, 5.41) is 5.68. The Morgan fingerprint density at radius 2 is 1.85 bits per heavy atom. The second-order valence-corrected chi connectivity index (χ2v) is 8.84. The number of aryl methyl sites for hydroxylation is 1. The molecular formula is C19H23BrN2O4S. The van der Waals surface area contributed by atoms with Crippen molar-refractivity contribution in [2.24, 2.45) is 0 Å². The van der Waals surface area contributed by atoms with Gasteiger partial charge in [0.1, 0.15) is 0 Å². The average molecular weight is 455 g/mol. The maximum atomic E-state index is 13.0. The largest absolute Gasteiger partial charge is 0.385 e. The molecule has 0 aliphatic rings. The van der Waals surface area contributed by atoms with Gasteiger partial charge in [-0.15, -0.1) is 0 Å². The molecule has 1 amide bonds. The van der Waals surface area contributed by atoms with Crippen molar-refractivity contribution >= 4 is 37.4 Å². The number of rotatable bonds is 9. The molecule has 0 saturated heterocycles. The Labute approximate surface area is 168 Å². The smallest absolute Gasteiger partial charge is 0.239 e. The van der Waals surface area contributed by atoms with Gasteiger partial charge in [-0.1, -0.05) is 33.6 Å². The van der Waals surface area contributed by atoms with Gasteiger partial charge in [0.2, 0.25) is 15.7 Å². The molecule has 0 aliphatic carbocycles. The average Bonchev–Trinajstić information content (AvgIpc) is 2.64. The van der Waals surface area contributed by atoms with E-state index in [-0.39, 0.29) is 22.2 Å². The van der Waals surface area contributed by atoms with Crippen molar-refractivity contribution in [3.63, 3.8) is 0 Å². The number of carbonyl (C=O) groups excluding carboxylic acids is 1. The summed E-state index contributed by atoms with van der Waals surface area (Å²) in [5.41, 5.74) is 1.36. The van der Waals surface area contributed by atoms with E-state index in [4.69, 9.17) is 4.74 Å². The molecule has 0 radical (unpaired) electrons. The van der Waals surface area contributed by atoms with Crippen molar-refractivity contribution < 1.29 is 17.9 Å². The third-order valence-electron chi connectivity index (χ3n) is 3.85. The first kappa shape index (κ1) is 21.4.